The Bertz CT molecular complexity index is 513. The molecule has 0 saturated heterocycles. The first kappa shape index (κ1) is 19.4. The Morgan fingerprint density at radius 1 is 0.696 bits per heavy atom. The van der Waals surface area contributed by atoms with E-state index in [0.29, 0.717) is 23.9 Å². The van der Waals surface area contributed by atoms with Gasteiger partial charge >= 0.3 is 19.1 Å². The number of halogens is 9. The van der Waals surface area contributed by atoms with Crippen molar-refractivity contribution in [2.24, 2.45) is 0 Å². The summed E-state index contributed by atoms with van der Waals surface area (Å²) in [6, 6.07) is 0.866. The van der Waals surface area contributed by atoms with Gasteiger partial charge in [0, 0.05) is 4.90 Å². The quantitative estimate of drug-likeness (QED) is 0.540. The van der Waals surface area contributed by atoms with Crippen LogP contribution in [0.2, 0.25) is 0 Å². The average Bonchev–Trinajstić information content (AvgIpc) is 2.27. The van der Waals surface area contributed by atoms with Crippen LogP contribution in [0.15, 0.2) is 17.0 Å². The molecule has 0 fully saturated rings. The second-order valence-corrected chi connectivity index (χ2v) is 4.48. The molecule has 0 saturated carbocycles. The maximum atomic E-state index is 12.2. The van der Waals surface area contributed by atoms with Crippen molar-refractivity contribution in [3.63, 3.8) is 0 Å². The van der Waals surface area contributed by atoms with Crippen LogP contribution in [0.4, 0.5) is 39.5 Å². The molecule has 0 aliphatic rings. The SMILES string of the molecule is CSc1cc(OC(F)(F)F)c(OC(F)(F)F)c(OC(F)(F)F)c1. The molecule has 0 unspecified atom stereocenters. The number of hydrogen-bond donors (Lipinski definition) is 0. The smallest absolute Gasteiger partial charge is 0.402 e. The fourth-order valence-electron chi connectivity index (χ4n) is 1.29. The Balaban J connectivity index is 3.47. The van der Waals surface area contributed by atoms with Gasteiger partial charge in [-0.25, -0.2) is 0 Å². The normalized spacial score (nSPS) is 13.0. The van der Waals surface area contributed by atoms with E-state index in [1.165, 1.54) is 6.26 Å². The van der Waals surface area contributed by atoms with Crippen LogP contribution in [0.5, 0.6) is 17.2 Å². The molecule has 0 N–H and O–H groups in total. The van der Waals surface area contributed by atoms with Gasteiger partial charge in [0.15, 0.2) is 11.5 Å². The molecule has 0 aliphatic heterocycles. The standard InChI is InChI=1S/C10H5F9O3S/c1-23-4-2-5(20-8(11,12)13)7(22-10(17,18)19)6(3-4)21-9(14,15)16/h2-3H,1H3. The third kappa shape index (κ3) is 6.97. The van der Waals surface area contributed by atoms with Crippen LogP contribution in [-0.4, -0.2) is 25.3 Å². The minimum Gasteiger partial charge on any atom is -0.402 e. The number of ether oxygens (including phenoxy) is 3. The van der Waals surface area contributed by atoms with Crippen molar-refractivity contribution in [1.82, 2.24) is 0 Å². The zero-order chi connectivity index (χ0) is 18.1. The predicted octanol–water partition coefficient (Wildman–Crippen LogP) is 5.10. The first-order valence-electron chi connectivity index (χ1n) is 5.19. The number of thioether (sulfide) groups is 1. The van der Waals surface area contributed by atoms with E-state index in [9.17, 15) is 39.5 Å². The monoisotopic (exact) mass is 376 g/mol. The van der Waals surface area contributed by atoms with Gasteiger partial charge in [-0.3, -0.25) is 0 Å². The van der Waals surface area contributed by atoms with Crippen LogP contribution in [0, 0.1) is 0 Å². The number of hydrogen-bond acceptors (Lipinski definition) is 4. The summed E-state index contributed by atoms with van der Waals surface area (Å²) in [7, 11) is 0. The summed E-state index contributed by atoms with van der Waals surface area (Å²) in [5, 5.41) is 0. The Morgan fingerprint density at radius 3 is 1.30 bits per heavy atom. The van der Waals surface area contributed by atoms with Crippen molar-refractivity contribution in [3.8, 4) is 17.2 Å². The van der Waals surface area contributed by atoms with Gasteiger partial charge in [-0.1, -0.05) is 0 Å². The fraction of sp³-hybridized carbons (Fsp3) is 0.400. The molecule has 132 valence electrons. The van der Waals surface area contributed by atoms with Crippen molar-refractivity contribution < 1.29 is 53.7 Å². The largest absolute Gasteiger partial charge is 0.573 e. The van der Waals surface area contributed by atoms with Gasteiger partial charge in [0.05, 0.1) is 0 Å². The zero-order valence-corrected chi connectivity index (χ0v) is 11.5. The van der Waals surface area contributed by atoms with Crippen molar-refractivity contribution in [2.45, 2.75) is 24.0 Å². The second kappa shape index (κ2) is 6.45. The molecule has 0 spiro atoms. The summed E-state index contributed by atoms with van der Waals surface area (Å²) in [5.74, 6) is -5.15. The van der Waals surface area contributed by atoms with Gasteiger partial charge in [-0.05, 0) is 18.4 Å². The van der Waals surface area contributed by atoms with Crippen LogP contribution >= 0.6 is 11.8 Å². The molecule has 0 bridgehead atoms. The highest BCUT2D eigenvalue weighted by atomic mass is 32.2. The van der Waals surface area contributed by atoms with Gasteiger partial charge in [-0.15, -0.1) is 51.3 Å². The second-order valence-electron chi connectivity index (χ2n) is 3.60. The molecule has 0 atom stereocenters. The first-order chi connectivity index (χ1) is 10.2. The highest BCUT2D eigenvalue weighted by Crippen LogP contribution is 2.46. The minimum absolute atomic E-state index is 0.280. The van der Waals surface area contributed by atoms with Crippen LogP contribution in [0.25, 0.3) is 0 Å². The van der Waals surface area contributed by atoms with Gasteiger partial charge in [0.2, 0.25) is 5.75 Å². The average molecular weight is 376 g/mol. The van der Waals surface area contributed by atoms with Gasteiger partial charge < -0.3 is 14.2 Å². The lowest BCUT2D eigenvalue weighted by molar-refractivity contribution is -0.293. The maximum absolute atomic E-state index is 12.2. The highest BCUT2D eigenvalue weighted by molar-refractivity contribution is 7.98. The Morgan fingerprint density at radius 2 is 1.04 bits per heavy atom. The van der Waals surface area contributed by atoms with E-state index in [-0.39, 0.29) is 4.90 Å². The maximum Gasteiger partial charge on any atom is 0.573 e. The van der Waals surface area contributed by atoms with Crippen LogP contribution < -0.4 is 14.2 Å². The van der Waals surface area contributed by atoms with Gasteiger partial charge in [0.25, 0.3) is 0 Å². The van der Waals surface area contributed by atoms with Crippen molar-refractivity contribution in [1.29, 1.82) is 0 Å². The summed E-state index contributed by atoms with van der Waals surface area (Å²) in [6.07, 6.45) is -15.2. The Hall–Kier alpha value is -1.66. The lowest BCUT2D eigenvalue weighted by atomic mass is 10.3. The molecule has 1 rings (SSSR count). The molecule has 0 radical (unpaired) electrons. The molecule has 13 heteroatoms. The lowest BCUT2D eigenvalue weighted by Gasteiger charge is -2.20. The van der Waals surface area contributed by atoms with E-state index in [1.54, 1.807) is 0 Å². The van der Waals surface area contributed by atoms with E-state index < -0.39 is 36.3 Å². The number of rotatable bonds is 4. The first-order valence-corrected chi connectivity index (χ1v) is 6.42. The van der Waals surface area contributed by atoms with Gasteiger partial charge in [-0.2, -0.15) is 0 Å². The molecule has 0 amide bonds. The van der Waals surface area contributed by atoms with Crippen molar-refractivity contribution in [2.75, 3.05) is 6.26 Å². The number of alkyl halides is 9. The van der Waals surface area contributed by atoms with Crippen LogP contribution in [-0.2, 0) is 0 Å². The molecule has 1 aromatic rings. The third-order valence-electron chi connectivity index (χ3n) is 1.90. The molecule has 23 heavy (non-hydrogen) atoms. The molecule has 1 aromatic carbocycles. The molecule has 0 aliphatic carbocycles. The molecular weight excluding hydrogens is 371 g/mol. The highest BCUT2D eigenvalue weighted by Gasteiger charge is 2.41. The predicted molar refractivity (Wildman–Crippen MR) is 58.3 cm³/mol. The summed E-state index contributed by atoms with van der Waals surface area (Å²) in [5.41, 5.74) is 0. The van der Waals surface area contributed by atoms with Crippen LogP contribution in [0.1, 0.15) is 0 Å². The molecule has 0 heterocycles. The van der Waals surface area contributed by atoms with Crippen molar-refractivity contribution in [3.05, 3.63) is 12.1 Å². The Labute approximate surface area is 126 Å². The summed E-state index contributed by atoms with van der Waals surface area (Å²) in [6.45, 7) is 0. The lowest BCUT2D eigenvalue weighted by Crippen LogP contribution is -2.23. The van der Waals surface area contributed by atoms with E-state index in [4.69, 9.17) is 0 Å². The zero-order valence-electron chi connectivity index (χ0n) is 10.7. The van der Waals surface area contributed by atoms with E-state index in [0.717, 1.165) is 0 Å². The Kier molecular flexibility index (Phi) is 5.44. The van der Waals surface area contributed by atoms with Gasteiger partial charge in [0.1, 0.15) is 0 Å². The summed E-state index contributed by atoms with van der Waals surface area (Å²) < 4.78 is 120. The molecular formula is C10H5F9O3S. The van der Waals surface area contributed by atoms with E-state index in [2.05, 4.69) is 14.2 Å². The topological polar surface area (TPSA) is 27.7 Å². The summed E-state index contributed by atoms with van der Waals surface area (Å²) >= 11 is 0.644. The van der Waals surface area contributed by atoms with E-state index >= 15 is 0 Å². The number of benzene rings is 1. The van der Waals surface area contributed by atoms with E-state index in [1.807, 2.05) is 0 Å². The minimum atomic E-state index is -5.58. The third-order valence-corrected chi connectivity index (χ3v) is 2.61. The summed E-state index contributed by atoms with van der Waals surface area (Å²) in [4.78, 5) is -0.280. The van der Waals surface area contributed by atoms with Crippen molar-refractivity contribution >= 4 is 11.8 Å². The molecule has 0 aromatic heterocycles. The fourth-order valence-corrected chi connectivity index (χ4v) is 1.74. The molecule has 3 nitrogen and oxygen atoms in total. The van der Waals surface area contributed by atoms with Crippen LogP contribution in [0.3, 0.4) is 0 Å².